The molecule has 2 N–H and O–H groups in total. The van der Waals surface area contributed by atoms with Crippen molar-refractivity contribution in [2.24, 2.45) is 5.92 Å². The highest BCUT2D eigenvalue weighted by Crippen LogP contribution is 2.16. The van der Waals surface area contributed by atoms with Crippen LogP contribution < -0.4 is 5.32 Å². The van der Waals surface area contributed by atoms with Crippen molar-refractivity contribution in [2.45, 2.75) is 39.2 Å². The second kappa shape index (κ2) is 7.57. The third-order valence-electron chi connectivity index (χ3n) is 3.15. The molecular formula is C15H19N3O5. The highest BCUT2D eigenvalue weighted by atomic mass is 16.5. The number of amides is 1. The number of rotatable bonds is 8. The number of nitrogens with one attached hydrogen (secondary N) is 1. The molecule has 0 spiro atoms. The van der Waals surface area contributed by atoms with Gasteiger partial charge in [0.25, 0.3) is 0 Å². The summed E-state index contributed by atoms with van der Waals surface area (Å²) in [6, 6.07) is 0.816. The molecule has 0 fully saturated rings. The van der Waals surface area contributed by atoms with Crippen LogP contribution in [0.5, 0.6) is 0 Å². The standard InChI is InChI=1S/C15H19N3O5/c1-9(2)7-11(15(20)21)16-12(19)3-4-13-17-14(18-23-13)10-5-6-22-8-10/h5-6,8-9,11H,3-4,7H2,1-2H3,(H,16,19)(H,20,21). The molecule has 2 rings (SSSR count). The number of nitrogens with zero attached hydrogens (tertiary/aromatic N) is 2. The van der Waals surface area contributed by atoms with Crippen LogP contribution in [-0.4, -0.2) is 33.2 Å². The van der Waals surface area contributed by atoms with E-state index in [2.05, 4.69) is 15.5 Å². The fourth-order valence-electron chi connectivity index (χ4n) is 2.05. The minimum absolute atomic E-state index is 0.0783. The molecule has 8 nitrogen and oxygen atoms in total. The summed E-state index contributed by atoms with van der Waals surface area (Å²) >= 11 is 0. The van der Waals surface area contributed by atoms with Gasteiger partial charge in [-0.25, -0.2) is 4.79 Å². The van der Waals surface area contributed by atoms with Gasteiger partial charge in [0.1, 0.15) is 12.3 Å². The molecule has 0 bridgehead atoms. The van der Waals surface area contributed by atoms with Crippen molar-refractivity contribution >= 4 is 11.9 Å². The van der Waals surface area contributed by atoms with E-state index < -0.39 is 12.0 Å². The number of hydrogen-bond acceptors (Lipinski definition) is 6. The van der Waals surface area contributed by atoms with Gasteiger partial charge >= 0.3 is 5.97 Å². The third kappa shape index (κ3) is 4.94. The first-order valence-corrected chi connectivity index (χ1v) is 7.33. The molecule has 0 radical (unpaired) electrons. The van der Waals surface area contributed by atoms with E-state index in [1.807, 2.05) is 13.8 Å². The zero-order valence-corrected chi connectivity index (χ0v) is 13.0. The molecule has 124 valence electrons. The molecular weight excluding hydrogens is 302 g/mol. The van der Waals surface area contributed by atoms with Crippen LogP contribution in [0.15, 0.2) is 27.5 Å². The SMILES string of the molecule is CC(C)CC(NC(=O)CCc1nc(-c2ccoc2)no1)C(=O)O. The number of carbonyl (C=O) groups excluding carboxylic acids is 1. The van der Waals surface area contributed by atoms with Crippen molar-refractivity contribution in [3.8, 4) is 11.4 Å². The van der Waals surface area contributed by atoms with E-state index in [0.29, 0.717) is 23.7 Å². The van der Waals surface area contributed by atoms with Gasteiger partial charge < -0.3 is 19.4 Å². The summed E-state index contributed by atoms with van der Waals surface area (Å²) in [5.74, 6) is -0.525. The molecule has 2 aromatic rings. The normalized spacial score (nSPS) is 12.3. The molecule has 23 heavy (non-hydrogen) atoms. The van der Waals surface area contributed by atoms with Crippen molar-refractivity contribution in [3.05, 3.63) is 24.5 Å². The van der Waals surface area contributed by atoms with E-state index in [9.17, 15) is 9.59 Å². The Balaban J connectivity index is 1.85. The van der Waals surface area contributed by atoms with Crippen molar-refractivity contribution in [1.82, 2.24) is 15.5 Å². The van der Waals surface area contributed by atoms with Crippen LogP contribution in [0.3, 0.4) is 0 Å². The molecule has 0 saturated carbocycles. The zero-order valence-electron chi connectivity index (χ0n) is 13.0. The molecule has 0 aromatic carbocycles. The summed E-state index contributed by atoms with van der Waals surface area (Å²) in [5, 5.41) is 15.4. The van der Waals surface area contributed by atoms with E-state index in [0.717, 1.165) is 0 Å². The largest absolute Gasteiger partial charge is 0.480 e. The van der Waals surface area contributed by atoms with Crippen LogP contribution in [0.4, 0.5) is 0 Å². The molecule has 1 unspecified atom stereocenters. The quantitative estimate of drug-likeness (QED) is 0.761. The number of aromatic nitrogens is 2. The number of carboxylic acids is 1. The Morgan fingerprint density at radius 1 is 1.39 bits per heavy atom. The minimum atomic E-state index is -1.04. The van der Waals surface area contributed by atoms with Gasteiger partial charge in [-0.1, -0.05) is 19.0 Å². The van der Waals surface area contributed by atoms with Gasteiger partial charge in [-0.3, -0.25) is 4.79 Å². The fourth-order valence-corrected chi connectivity index (χ4v) is 2.05. The summed E-state index contributed by atoms with van der Waals surface area (Å²) in [6.45, 7) is 3.80. The van der Waals surface area contributed by atoms with Crippen molar-refractivity contribution in [3.63, 3.8) is 0 Å². The van der Waals surface area contributed by atoms with Gasteiger partial charge in [-0.15, -0.1) is 0 Å². The van der Waals surface area contributed by atoms with Gasteiger partial charge in [0.2, 0.25) is 17.6 Å². The summed E-state index contributed by atoms with van der Waals surface area (Å²) in [4.78, 5) is 27.1. The highest BCUT2D eigenvalue weighted by molar-refractivity contribution is 5.83. The number of furan rings is 1. The van der Waals surface area contributed by atoms with Crippen molar-refractivity contribution < 1.29 is 23.6 Å². The number of carboxylic acid groups (broad SMARTS) is 1. The van der Waals surface area contributed by atoms with E-state index in [1.54, 1.807) is 6.07 Å². The van der Waals surface area contributed by atoms with Gasteiger partial charge in [0.15, 0.2) is 0 Å². The van der Waals surface area contributed by atoms with Crippen LogP contribution >= 0.6 is 0 Å². The van der Waals surface area contributed by atoms with E-state index >= 15 is 0 Å². The summed E-state index contributed by atoms with van der Waals surface area (Å²) in [5.41, 5.74) is 0.687. The Labute approximate surface area is 132 Å². The van der Waals surface area contributed by atoms with Crippen LogP contribution in [0.2, 0.25) is 0 Å². The first kappa shape index (κ1) is 16.7. The zero-order chi connectivity index (χ0) is 16.8. The van der Waals surface area contributed by atoms with Crippen LogP contribution in [0, 0.1) is 5.92 Å². The van der Waals surface area contributed by atoms with Crippen LogP contribution in [0.1, 0.15) is 32.6 Å². The molecule has 1 amide bonds. The molecule has 2 heterocycles. The maximum atomic E-state index is 11.9. The third-order valence-corrected chi connectivity index (χ3v) is 3.15. The average molecular weight is 321 g/mol. The lowest BCUT2D eigenvalue weighted by Gasteiger charge is -2.16. The van der Waals surface area contributed by atoms with Gasteiger partial charge in [-0.2, -0.15) is 4.98 Å². The lowest BCUT2D eigenvalue weighted by molar-refractivity contribution is -0.142. The van der Waals surface area contributed by atoms with E-state index in [-0.39, 0.29) is 24.7 Å². The number of hydrogen-bond donors (Lipinski definition) is 2. The van der Waals surface area contributed by atoms with Crippen molar-refractivity contribution in [1.29, 1.82) is 0 Å². The topological polar surface area (TPSA) is 118 Å². The average Bonchev–Trinajstić information content (AvgIpc) is 3.14. The molecule has 8 heteroatoms. The molecule has 1 atom stereocenters. The second-order valence-electron chi connectivity index (χ2n) is 5.61. The van der Waals surface area contributed by atoms with Crippen LogP contribution in [-0.2, 0) is 16.0 Å². The van der Waals surface area contributed by atoms with Crippen LogP contribution in [0.25, 0.3) is 11.4 Å². The van der Waals surface area contributed by atoms with Crippen molar-refractivity contribution in [2.75, 3.05) is 0 Å². The molecule has 2 aromatic heterocycles. The number of aliphatic carboxylic acids is 1. The Kier molecular flexibility index (Phi) is 5.51. The second-order valence-corrected chi connectivity index (χ2v) is 5.61. The van der Waals surface area contributed by atoms with E-state index in [4.69, 9.17) is 14.0 Å². The maximum absolute atomic E-state index is 11.9. The monoisotopic (exact) mass is 321 g/mol. The van der Waals surface area contributed by atoms with Gasteiger partial charge in [0.05, 0.1) is 11.8 Å². The Morgan fingerprint density at radius 2 is 2.17 bits per heavy atom. The van der Waals surface area contributed by atoms with Gasteiger partial charge in [0, 0.05) is 12.8 Å². The maximum Gasteiger partial charge on any atom is 0.326 e. The summed E-state index contributed by atoms with van der Waals surface area (Å²) in [6.07, 6.45) is 3.69. The highest BCUT2D eigenvalue weighted by Gasteiger charge is 2.21. The lowest BCUT2D eigenvalue weighted by Crippen LogP contribution is -2.41. The summed E-state index contributed by atoms with van der Waals surface area (Å²) < 4.78 is 9.99. The Hall–Kier alpha value is -2.64. The molecule has 0 aliphatic rings. The Morgan fingerprint density at radius 3 is 2.78 bits per heavy atom. The minimum Gasteiger partial charge on any atom is -0.480 e. The van der Waals surface area contributed by atoms with E-state index in [1.165, 1.54) is 12.5 Å². The molecule has 0 aliphatic heterocycles. The number of carbonyl (C=O) groups is 2. The molecule has 0 aliphatic carbocycles. The number of aryl methyl sites for hydroxylation is 1. The predicted molar refractivity (Wildman–Crippen MR) is 79.3 cm³/mol. The predicted octanol–water partition coefficient (Wildman–Crippen LogP) is 1.88. The Bertz CT molecular complexity index is 648. The smallest absolute Gasteiger partial charge is 0.326 e. The fraction of sp³-hybridized carbons (Fsp3) is 0.467. The first-order chi connectivity index (χ1) is 11.0. The summed E-state index contributed by atoms with van der Waals surface area (Å²) in [7, 11) is 0. The lowest BCUT2D eigenvalue weighted by atomic mass is 10.0. The first-order valence-electron chi connectivity index (χ1n) is 7.33. The molecule has 0 saturated heterocycles. The van der Waals surface area contributed by atoms with Gasteiger partial charge in [-0.05, 0) is 18.4 Å².